The van der Waals surface area contributed by atoms with Crippen molar-refractivity contribution in [1.29, 1.82) is 0 Å². The van der Waals surface area contributed by atoms with E-state index in [9.17, 15) is 4.79 Å². The number of hydrogen-bond donors (Lipinski definition) is 1. The largest absolute Gasteiger partial charge is 0.460 e. The average Bonchev–Trinajstić information content (AvgIpc) is 3.38. The molecule has 1 aromatic carbocycles. The van der Waals surface area contributed by atoms with Crippen LogP contribution in [0.25, 0.3) is 11.3 Å². The second-order valence-electron chi connectivity index (χ2n) is 7.90. The lowest BCUT2D eigenvalue weighted by molar-refractivity contribution is 0.0720. The van der Waals surface area contributed by atoms with E-state index in [-0.39, 0.29) is 5.91 Å². The van der Waals surface area contributed by atoms with Crippen LogP contribution in [0.5, 0.6) is 0 Å². The molecule has 1 N–H and O–H groups in total. The number of fused-ring (bicyclic) bond motifs is 1. The lowest BCUT2D eigenvalue weighted by Gasteiger charge is -2.26. The highest BCUT2D eigenvalue weighted by Gasteiger charge is 2.29. The highest BCUT2D eigenvalue weighted by Crippen LogP contribution is 2.33. The van der Waals surface area contributed by atoms with Gasteiger partial charge in [-0.25, -0.2) is 4.98 Å². The van der Waals surface area contributed by atoms with Crippen molar-refractivity contribution in [3.8, 4) is 11.3 Å². The first-order chi connectivity index (χ1) is 15.5. The quantitative estimate of drug-likeness (QED) is 0.467. The number of halogens is 1. The van der Waals surface area contributed by atoms with Gasteiger partial charge in [0, 0.05) is 49.4 Å². The first kappa shape index (κ1) is 20.3. The average molecular weight is 448 g/mol. The summed E-state index contributed by atoms with van der Waals surface area (Å²) >= 11 is 6.10. The first-order valence-electron chi connectivity index (χ1n) is 10.4. The van der Waals surface area contributed by atoms with Crippen molar-refractivity contribution in [1.82, 2.24) is 19.7 Å². The van der Waals surface area contributed by atoms with E-state index in [1.165, 1.54) is 0 Å². The van der Waals surface area contributed by atoms with Crippen molar-refractivity contribution >= 4 is 29.1 Å². The minimum atomic E-state index is -0.0267. The molecule has 1 aliphatic heterocycles. The van der Waals surface area contributed by atoms with Crippen molar-refractivity contribution < 1.29 is 9.21 Å². The molecule has 8 heteroatoms. The molecule has 162 valence electrons. The smallest absolute Gasteiger partial charge is 0.257 e. The van der Waals surface area contributed by atoms with Gasteiger partial charge in [-0.05, 0) is 42.3 Å². The third-order valence-corrected chi connectivity index (χ3v) is 5.88. The number of rotatable bonds is 5. The van der Waals surface area contributed by atoms with Crippen LogP contribution in [0, 0.1) is 6.92 Å². The van der Waals surface area contributed by atoms with Crippen LogP contribution in [0.15, 0.2) is 59.3 Å². The molecule has 32 heavy (non-hydrogen) atoms. The number of carbonyl (C=O) groups is 1. The molecule has 0 bridgehead atoms. The van der Waals surface area contributed by atoms with Crippen LogP contribution in [0.1, 0.15) is 27.2 Å². The molecule has 1 amide bonds. The number of nitrogens with zero attached hydrogens (tertiary/aromatic N) is 4. The van der Waals surface area contributed by atoms with Crippen molar-refractivity contribution in [3.05, 3.63) is 82.3 Å². The number of pyridine rings is 1. The molecule has 0 fully saturated rings. The Kier molecular flexibility index (Phi) is 5.19. The van der Waals surface area contributed by atoms with E-state index in [0.29, 0.717) is 41.7 Å². The fourth-order valence-corrected chi connectivity index (χ4v) is 4.14. The van der Waals surface area contributed by atoms with Gasteiger partial charge in [0.25, 0.3) is 5.91 Å². The van der Waals surface area contributed by atoms with Gasteiger partial charge >= 0.3 is 0 Å². The second kappa shape index (κ2) is 8.16. The molecular formula is C24H22ClN5O2. The lowest BCUT2D eigenvalue weighted by atomic mass is 10.0. The van der Waals surface area contributed by atoms with E-state index in [4.69, 9.17) is 16.0 Å². The Bertz CT molecular complexity index is 1310. The minimum Gasteiger partial charge on any atom is -0.460 e. The van der Waals surface area contributed by atoms with E-state index in [2.05, 4.69) is 15.4 Å². The molecule has 4 aromatic rings. The molecule has 5 rings (SSSR count). The van der Waals surface area contributed by atoms with Crippen LogP contribution in [0.3, 0.4) is 0 Å². The van der Waals surface area contributed by atoms with Crippen LogP contribution in [-0.4, -0.2) is 32.1 Å². The van der Waals surface area contributed by atoms with Crippen LogP contribution >= 0.6 is 11.6 Å². The summed E-state index contributed by atoms with van der Waals surface area (Å²) in [5, 5.41) is 8.09. The van der Waals surface area contributed by atoms with Gasteiger partial charge in [-0.2, -0.15) is 5.10 Å². The predicted octanol–water partition coefficient (Wildman–Crippen LogP) is 4.98. The molecule has 0 atom stereocenters. The molecule has 0 spiro atoms. The number of nitrogens with one attached hydrogen (secondary N) is 1. The highest BCUT2D eigenvalue weighted by atomic mass is 35.5. The maximum atomic E-state index is 13.2. The summed E-state index contributed by atoms with van der Waals surface area (Å²) in [5.41, 5.74) is 3.49. The Morgan fingerprint density at radius 1 is 1.19 bits per heavy atom. The summed E-state index contributed by atoms with van der Waals surface area (Å²) in [6.07, 6.45) is 4.19. The Balaban J connectivity index is 1.41. The van der Waals surface area contributed by atoms with E-state index in [1.54, 1.807) is 17.1 Å². The van der Waals surface area contributed by atoms with Crippen LogP contribution in [-0.2, 0) is 20.0 Å². The van der Waals surface area contributed by atoms with Gasteiger partial charge in [-0.1, -0.05) is 23.7 Å². The molecule has 0 saturated carbocycles. The number of amides is 1. The van der Waals surface area contributed by atoms with E-state index < -0.39 is 0 Å². The number of carbonyl (C=O) groups excluding carboxylic acids is 1. The fourth-order valence-electron chi connectivity index (χ4n) is 3.93. The summed E-state index contributed by atoms with van der Waals surface area (Å²) in [6, 6.07) is 13.3. The minimum absolute atomic E-state index is 0.0267. The number of benzene rings is 1. The van der Waals surface area contributed by atoms with E-state index >= 15 is 0 Å². The molecule has 4 heterocycles. The Hall–Kier alpha value is -3.58. The normalized spacial score (nSPS) is 13.3. The molecular weight excluding hydrogens is 426 g/mol. The molecule has 1 aliphatic rings. The summed E-state index contributed by atoms with van der Waals surface area (Å²) in [6.45, 7) is 3.10. The maximum absolute atomic E-state index is 13.2. The molecule has 0 aliphatic carbocycles. The molecule has 0 unspecified atom stereocenters. The summed E-state index contributed by atoms with van der Waals surface area (Å²) < 4.78 is 7.87. The van der Waals surface area contributed by atoms with Gasteiger partial charge < -0.3 is 14.6 Å². The molecule has 7 nitrogen and oxygen atoms in total. The second-order valence-corrected chi connectivity index (χ2v) is 8.34. The van der Waals surface area contributed by atoms with Gasteiger partial charge in [-0.15, -0.1) is 0 Å². The molecule has 3 aromatic heterocycles. The predicted molar refractivity (Wildman–Crippen MR) is 123 cm³/mol. The number of aromatic nitrogens is 3. The van der Waals surface area contributed by atoms with Crippen molar-refractivity contribution in [2.24, 2.45) is 7.05 Å². The third kappa shape index (κ3) is 3.87. The van der Waals surface area contributed by atoms with Gasteiger partial charge in [0.05, 0.1) is 11.8 Å². The standard InChI is InChI=1S/C24H22ClN5O2/c1-15-13-26-22(28-23-6-8-27-29(23)2)12-18(15)21-11-19-20(32-21)7-9-30(24(19)31)14-16-4-3-5-17(25)10-16/h3-6,8,10-13H,7,9,14H2,1-2H3,(H,26,28). The SMILES string of the molecule is Cc1cnc(Nc2ccnn2C)cc1-c1cc2c(o1)CCN(Cc1cccc(Cl)c1)C2=O. The van der Waals surface area contributed by atoms with Crippen LogP contribution in [0.2, 0.25) is 5.02 Å². The van der Waals surface area contributed by atoms with E-state index in [0.717, 1.165) is 28.3 Å². The Morgan fingerprint density at radius 2 is 2.06 bits per heavy atom. The van der Waals surface area contributed by atoms with Gasteiger partial charge in [0.15, 0.2) is 0 Å². The summed E-state index contributed by atoms with van der Waals surface area (Å²) in [5.74, 6) is 2.88. The maximum Gasteiger partial charge on any atom is 0.257 e. The third-order valence-electron chi connectivity index (χ3n) is 5.64. The zero-order valence-corrected chi connectivity index (χ0v) is 18.6. The summed E-state index contributed by atoms with van der Waals surface area (Å²) in [4.78, 5) is 19.4. The van der Waals surface area contributed by atoms with E-state index in [1.807, 2.05) is 61.3 Å². The number of furan rings is 1. The van der Waals surface area contributed by atoms with Crippen molar-refractivity contribution in [2.45, 2.75) is 19.9 Å². The number of aryl methyl sites for hydroxylation is 2. The topological polar surface area (TPSA) is 76.2 Å². The first-order valence-corrected chi connectivity index (χ1v) is 10.7. The highest BCUT2D eigenvalue weighted by molar-refractivity contribution is 6.30. The van der Waals surface area contributed by atoms with Crippen LogP contribution in [0.4, 0.5) is 11.6 Å². The molecule has 0 saturated heterocycles. The monoisotopic (exact) mass is 447 g/mol. The van der Waals surface area contributed by atoms with Crippen molar-refractivity contribution in [3.63, 3.8) is 0 Å². The zero-order valence-electron chi connectivity index (χ0n) is 17.8. The fraction of sp³-hybridized carbons (Fsp3) is 0.208. The van der Waals surface area contributed by atoms with Gasteiger partial charge in [0.2, 0.25) is 0 Å². The summed E-state index contributed by atoms with van der Waals surface area (Å²) in [7, 11) is 1.86. The number of hydrogen-bond acceptors (Lipinski definition) is 5. The van der Waals surface area contributed by atoms with Gasteiger partial charge in [0.1, 0.15) is 23.2 Å². The Morgan fingerprint density at radius 3 is 2.84 bits per heavy atom. The Labute approximate surface area is 190 Å². The zero-order chi connectivity index (χ0) is 22.2. The van der Waals surface area contributed by atoms with Gasteiger partial charge in [-0.3, -0.25) is 9.48 Å². The van der Waals surface area contributed by atoms with Crippen molar-refractivity contribution in [2.75, 3.05) is 11.9 Å². The lowest BCUT2D eigenvalue weighted by Crippen LogP contribution is -2.36. The number of anilines is 2. The van der Waals surface area contributed by atoms with Crippen LogP contribution < -0.4 is 5.32 Å². The molecule has 0 radical (unpaired) electrons.